The molecule has 0 aliphatic carbocycles. The second-order valence-corrected chi connectivity index (χ2v) is 6.37. The molecule has 104 valence electrons. The molecule has 2 rings (SSSR count). The average Bonchev–Trinajstić information content (AvgIpc) is 2.79. The molecule has 0 fully saturated rings. The molecule has 1 aromatic carbocycles. The third kappa shape index (κ3) is 2.81. The molecule has 19 heavy (non-hydrogen) atoms. The van der Waals surface area contributed by atoms with Gasteiger partial charge in [-0.15, -0.1) is 0 Å². The van der Waals surface area contributed by atoms with Crippen LogP contribution in [0.2, 0.25) is 0 Å². The van der Waals surface area contributed by atoms with Crippen LogP contribution in [0.15, 0.2) is 18.2 Å². The molecule has 0 radical (unpaired) electrons. The maximum absolute atomic E-state index is 12.2. The summed E-state index contributed by atoms with van der Waals surface area (Å²) in [6, 6.07) is 5.24. The Kier molecular flexibility index (Phi) is 3.66. The SMILES string of the molecule is COC(=O)CCS(=O)(=O)N1CCc2ccc(N)cc21. The maximum Gasteiger partial charge on any atom is 0.306 e. The van der Waals surface area contributed by atoms with Crippen molar-refractivity contribution in [3.8, 4) is 0 Å². The quantitative estimate of drug-likeness (QED) is 0.643. The first-order valence-electron chi connectivity index (χ1n) is 5.89. The van der Waals surface area contributed by atoms with Crippen LogP contribution in [-0.4, -0.2) is 33.8 Å². The minimum atomic E-state index is -3.52. The summed E-state index contributed by atoms with van der Waals surface area (Å²) < 4.78 is 30.2. The Morgan fingerprint density at radius 1 is 1.47 bits per heavy atom. The highest BCUT2D eigenvalue weighted by Gasteiger charge is 2.29. The fraction of sp³-hybridized carbons (Fsp3) is 0.417. The van der Waals surface area contributed by atoms with Crippen molar-refractivity contribution < 1.29 is 17.9 Å². The monoisotopic (exact) mass is 284 g/mol. The van der Waals surface area contributed by atoms with E-state index in [4.69, 9.17) is 5.73 Å². The molecule has 0 aromatic heterocycles. The Labute approximate surface area is 112 Å². The van der Waals surface area contributed by atoms with E-state index >= 15 is 0 Å². The molecule has 0 saturated heterocycles. The molecule has 0 saturated carbocycles. The number of carbonyl (C=O) groups is 1. The summed E-state index contributed by atoms with van der Waals surface area (Å²) in [5.74, 6) is -0.788. The van der Waals surface area contributed by atoms with Gasteiger partial charge in [-0.1, -0.05) is 6.07 Å². The standard InChI is InChI=1S/C12H16N2O4S/c1-18-12(15)5-7-19(16,17)14-6-4-9-2-3-10(13)8-11(9)14/h2-3,8H,4-7,13H2,1H3. The predicted molar refractivity (Wildman–Crippen MR) is 72.3 cm³/mol. The lowest BCUT2D eigenvalue weighted by Gasteiger charge is -2.19. The number of methoxy groups -OCH3 is 1. The second-order valence-electron chi connectivity index (χ2n) is 4.35. The van der Waals surface area contributed by atoms with E-state index in [9.17, 15) is 13.2 Å². The van der Waals surface area contributed by atoms with Crippen molar-refractivity contribution in [2.45, 2.75) is 12.8 Å². The lowest BCUT2D eigenvalue weighted by Crippen LogP contribution is -2.32. The van der Waals surface area contributed by atoms with Gasteiger partial charge in [0, 0.05) is 12.2 Å². The zero-order valence-corrected chi connectivity index (χ0v) is 11.4. The molecule has 0 spiro atoms. The van der Waals surface area contributed by atoms with Crippen molar-refractivity contribution in [2.24, 2.45) is 0 Å². The molecule has 1 aliphatic heterocycles. The number of nitrogens with zero attached hydrogens (tertiary/aromatic N) is 1. The summed E-state index contributed by atoms with van der Waals surface area (Å²) in [5.41, 5.74) is 7.78. The van der Waals surface area contributed by atoms with Crippen LogP contribution >= 0.6 is 0 Å². The van der Waals surface area contributed by atoms with E-state index < -0.39 is 16.0 Å². The van der Waals surface area contributed by atoms with Gasteiger partial charge in [0.2, 0.25) is 10.0 Å². The highest BCUT2D eigenvalue weighted by Crippen LogP contribution is 2.32. The van der Waals surface area contributed by atoms with E-state index in [1.165, 1.54) is 11.4 Å². The highest BCUT2D eigenvalue weighted by atomic mass is 32.2. The van der Waals surface area contributed by atoms with Gasteiger partial charge in [0.05, 0.1) is 25.0 Å². The van der Waals surface area contributed by atoms with E-state index in [2.05, 4.69) is 4.74 Å². The van der Waals surface area contributed by atoms with Crippen LogP contribution in [0.1, 0.15) is 12.0 Å². The number of hydrogen-bond acceptors (Lipinski definition) is 5. The Balaban J connectivity index is 2.20. The van der Waals surface area contributed by atoms with Crippen LogP contribution < -0.4 is 10.0 Å². The molecule has 1 aromatic rings. The van der Waals surface area contributed by atoms with Gasteiger partial charge in [0.1, 0.15) is 0 Å². The smallest absolute Gasteiger partial charge is 0.306 e. The zero-order valence-electron chi connectivity index (χ0n) is 10.6. The minimum Gasteiger partial charge on any atom is -0.469 e. The van der Waals surface area contributed by atoms with Crippen LogP contribution in [0.3, 0.4) is 0 Å². The minimum absolute atomic E-state index is 0.146. The average molecular weight is 284 g/mol. The van der Waals surface area contributed by atoms with Gasteiger partial charge < -0.3 is 10.5 Å². The van der Waals surface area contributed by atoms with Gasteiger partial charge in [-0.05, 0) is 24.1 Å². The molecule has 7 heteroatoms. The first kappa shape index (κ1) is 13.7. The van der Waals surface area contributed by atoms with Crippen molar-refractivity contribution in [3.63, 3.8) is 0 Å². The van der Waals surface area contributed by atoms with Crippen molar-refractivity contribution in [2.75, 3.05) is 29.4 Å². The van der Waals surface area contributed by atoms with E-state index in [1.807, 2.05) is 6.07 Å². The zero-order chi connectivity index (χ0) is 14.0. The Morgan fingerprint density at radius 3 is 2.89 bits per heavy atom. The van der Waals surface area contributed by atoms with E-state index in [1.54, 1.807) is 12.1 Å². The van der Waals surface area contributed by atoms with Crippen molar-refractivity contribution in [1.29, 1.82) is 0 Å². The molecule has 1 aliphatic rings. The van der Waals surface area contributed by atoms with Gasteiger partial charge in [-0.3, -0.25) is 9.10 Å². The molecular weight excluding hydrogens is 268 g/mol. The highest BCUT2D eigenvalue weighted by molar-refractivity contribution is 7.92. The summed E-state index contributed by atoms with van der Waals surface area (Å²) >= 11 is 0. The largest absolute Gasteiger partial charge is 0.469 e. The Hall–Kier alpha value is -1.76. The molecule has 0 amide bonds. The summed E-state index contributed by atoms with van der Waals surface area (Å²) in [4.78, 5) is 11.0. The number of fused-ring (bicyclic) bond motifs is 1. The molecule has 0 atom stereocenters. The van der Waals surface area contributed by atoms with Crippen molar-refractivity contribution in [3.05, 3.63) is 23.8 Å². The molecule has 2 N–H and O–H groups in total. The summed E-state index contributed by atoms with van der Waals surface area (Å²) in [7, 11) is -2.28. The van der Waals surface area contributed by atoms with Crippen LogP contribution in [-0.2, 0) is 26.0 Å². The van der Waals surface area contributed by atoms with Gasteiger partial charge in [-0.25, -0.2) is 8.42 Å². The molecular formula is C12H16N2O4S. The molecule has 0 bridgehead atoms. The van der Waals surface area contributed by atoms with Gasteiger partial charge in [0.15, 0.2) is 0 Å². The molecule has 6 nitrogen and oxygen atoms in total. The summed E-state index contributed by atoms with van der Waals surface area (Å²) in [6.45, 7) is 0.391. The number of ether oxygens (including phenoxy) is 1. The van der Waals surface area contributed by atoms with E-state index in [0.717, 1.165) is 5.56 Å². The number of esters is 1. The number of rotatable bonds is 4. The number of benzene rings is 1. The number of nitrogen functional groups attached to an aromatic ring is 1. The third-order valence-corrected chi connectivity index (χ3v) is 4.86. The van der Waals surface area contributed by atoms with Crippen LogP contribution in [0.25, 0.3) is 0 Å². The Morgan fingerprint density at radius 2 is 2.21 bits per heavy atom. The summed E-state index contributed by atoms with van der Waals surface area (Å²) in [5, 5.41) is 0. The number of carbonyl (C=O) groups excluding carboxylic acids is 1. The van der Waals surface area contributed by atoms with E-state index in [0.29, 0.717) is 24.3 Å². The topological polar surface area (TPSA) is 89.7 Å². The lowest BCUT2D eigenvalue weighted by molar-refractivity contribution is -0.140. The van der Waals surface area contributed by atoms with Crippen LogP contribution in [0.5, 0.6) is 0 Å². The lowest BCUT2D eigenvalue weighted by atomic mass is 10.1. The third-order valence-electron chi connectivity index (χ3n) is 3.09. The number of nitrogens with two attached hydrogens (primary N) is 1. The van der Waals surface area contributed by atoms with Gasteiger partial charge >= 0.3 is 5.97 Å². The Bertz CT molecular complexity index is 598. The van der Waals surface area contributed by atoms with Crippen molar-refractivity contribution >= 4 is 27.4 Å². The van der Waals surface area contributed by atoms with Gasteiger partial charge in [0.25, 0.3) is 0 Å². The maximum atomic E-state index is 12.2. The van der Waals surface area contributed by atoms with Gasteiger partial charge in [-0.2, -0.15) is 0 Å². The molecule has 0 unspecified atom stereocenters. The fourth-order valence-electron chi connectivity index (χ4n) is 2.08. The number of anilines is 2. The number of sulfonamides is 1. The van der Waals surface area contributed by atoms with Crippen LogP contribution in [0, 0.1) is 0 Å². The van der Waals surface area contributed by atoms with Crippen LogP contribution in [0.4, 0.5) is 11.4 Å². The first-order chi connectivity index (χ1) is 8.94. The summed E-state index contributed by atoms with van der Waals surface area (Å²) in [6.07, 6.45) is 0.514. The van der Waals surface area contributed by atoms with E-state index in [-0.39, 0.29) is 12.2 Å². The fourth-order valence-corrected chi connectivity index (χ4v) is 3.56. The second kappa shape index (κ2) is 5.08. The number of hydrogen-bond donors (Lipinski definition) is 1. The van der Waals surface area contributed by atoms with Crippen molar-refractivity contribution in [1.82, 2.24) is 0 Å². The first-order valence-corrected chi connectivity index (χ1v) is 7.50. The normalized spacial score (nSPS) is 14.3. The molecule has 1 heterocycles. The predicted octanol–water partition coefficient (Wildman–Crippen LogP) is 0.524.